The normalized spacial score (nSPS) is 17.9. The van der Waals surface area contributed by atoms with Crippen LogP contribution in [0.4, 0.5) is 5.82 Å². The molecule has 0 saturated carbocycles. The Kier molecular flexibility index (Phi) is 2.74. The van der Waals surface area contributed by atoms with Crippen molar-refractivity contribution < 1.29 is 0 Å². The second-order valence-electron chi connectivity index (χ2n) is 4.97. The number of hydrogen-bond acceptors (Lipinski definition) is 4. The fraction of sp³-hybridized carbons (Fsp3) is 0.538. The van der Waals surface area contributed by atoms with Crippen molar-refractivity contribution in [3.05, 3.63) is 17.3 Å². The highest BCUT2D eigenvalue weighted by atomic mass is 32.1. The molecule has 0 unspecified atom stereocenters. The van der Waals surface area contributed by atoms with Gasteiger partial charge in [0.15, 0.2) is 0 Å². The Morgan fingerprint density at radius 3 is 2.82 bits per heavy atom. The van der Waals surface area contributed by atoms with Crippen molar-refractivity contribution >= 4 is 27.4 Å². The summed E-state index contributed by atoms with van der Waals surface area (Å²) in [6, 6.07) is 0. The molecule has 2 aromatic rings. The highest BCUT2D eigenvalue weighted by Crippen LogP contribution is 2.32. The number of hydrogen-bond donors (Lipinski definition) is 0. The van der Waals surface area contributed by atoms with E-state index in [1.54, 1.807) is 17.7 Å². The Morgan fingerprint density at radius 1 is 1.29 bits per heavy atom. The summed E-state index contributed by atoms with van der Waals surface area (Å²) in [5.41, 5.74) is 1.30. The molecule has 1 saturated heterocycles. The molecule has 1 aliphatic rings. The van der Waals surface area contributed by atoms with Gasteiger partial charge in [-0.1, -0.05) is 6.92 Å². The minimum atomic E-state index is 0.854. The van der Waals surface area contributed by atoms with E-state index in [9.17, 15) is 0 Å². The number of rotatable bonds is 1. The highest BCUT2D eigenvalue weighted by molar-refractivity contribution is 7.17. The van der Waals surface area contributed by atoms with Crippen molar-refractivity contribution in [3.8, 4) is 0 Å². The zero-order valence-corrected chi connectivity index (χ0v) is 11.1. The molecule has 0 bridgehead atoms. The van der Waals surface area contributed by atoms with Crippen LogP contribution in [0.5, 0.6) is 0 Å². The largest absolute Gasteiger partial charge is 0.356 e. The SMILES string of the molecule is Cc1csc2ncnc(N3CCC(C)CC3)c12. The van der Waals surface area contributed by atoms with Crippen molar-refractivity contribution in [2.45, 2.75) is 26.7 Å². The van der Waals surface area contributed by atoms with Crippen LogP contribution < -0.4 is 4.90 Å². The average molecular weight is 247 g/mol. The fourth-order valence-electron chi connectivity index (χ4n) is 2.46. The van der Waals surface area contributed by atoms with Crippen molar-refractivity contribution in [2.75, 3.05) is 18.0 Å². The maximum absolute atomic E-state index is 4.51. The molecular formula is C13H17N3S. The molecule has 2 aromatic heterocycles. The number of anilines is 1. The first-order valence-electron chi connectivity index (χ1n) is 6.19. The topological polar surface area (TPSA) is 29.0 Å². The molecule has 0 aromatic carbocycles. The molecule has 17 heavy (non-hydrogen) atoms. The van der Waals surface area contributed by atoms with Gasteiger partial charge in [0, 0.05) is 13.1 Å². The number of aromatic nitrogens is 2. The minimum absolute atomic E-state index is 0.854. The van der Waals surface area contributed by atoms with E-state index < -0.39 is 0 Å². The summed E-state index contributed by atoms with van der Waals surface area (Å²) in [7, 11) is 0. The molecule has 0 amide bonds. The van der Waals surface area contributed by atoms with Gasteiger partial charge in [0.1, 0.15) is 17.0 Å². The maximum atomic E-state index is 4.51. The molecule has 1 fully saturated rings. The zero-order chi connectivity index (χ0) is 11.8. The van der Waals surface area contributed by atoms with E-state index in [2.05, 4.69) is 34.1 Å². The summed E-state index contributed by atoms with van der Waals surface area (Å²) < 4.78 is 0. The molecule has 0 radical (unpaired) electrons. The lowest BCUT2D eigenvalue weighted by atomic mass is 9.99. The first-order chi connectivity index (χ1) is 8.25. The van der Waals surface area contributed by atoms with E-state index in [4.69, 9.17) is 0 Å². The van der Waals surface area contributed by atoms with Gasteiger partial charge < -0.3 is 4.90 Å². The smallest absolute Gasteiger partial charge is 0.141 e. The van der Waals surface area contributed by atoms with Gasteiger partial charge in [-0.2, -0.15) is 0 Å². The van der Waals surface area contributed by atoms with Crippen LogP contribution in [0, 0.1) is 12.8 Å². The summed E-state index contributed by atoms with van der Waals surface area (Å²) in [5, 5.41) is 3.43. The predicted molar refractivity (Wildman–Crippen MR) is 72.8 cm³/mol. The first-order valence-corrected chi connectivity index (χ1v) is 7.07. The van der Waals surface area contributed by atoms with Gasteiger partial charge in [-0.25, -0.2) is 9.97 Å². The number of thiophene rings is 1. The van der Waals surface area contributed by atoms with Crippen LogP contribution in [0.1, 0.15) is 25.3 Å². The van der Waals surface area contributed by atoms with Gasteiger partial charge in [0.05, 0.1) is 5.39 Å². The third kappa shape index (κ3) is 1.90. The quantitative estimate of drug-likeness (QED) is 0.774. The molecule has 4 heteroatoms. The zero-order valence-electron chi connectivity index (χ0n) is 10.3. The molecule has 0 aliphatic carbocycles. The molecule has 0 spiro atoms. The van der Waals surface area contributed by atoms with Crippen LogP contribution in [0.15, 0.2) is 11.7 Å². The molecule has 0 atom stereocenters. The Morgan fingerprint density at radius 2 is 2.06 bits per heavy atom. The van der Waals surface area contributed by atoms with Gasteiger partial charge in [0.2, 0.25) is 0 Å². The first kappa shape index (κ1) is 11.0. The Hall–Kier alpha value is -1.16. The van der Waals surface area contributed by atoms with Gasteiger partial charge in [0.25, 0.3) is 0 Å². The second-order valence-corrected chi connectivity index (χ2v) is 5.82. The highest BCUT2D eigenvalue weighted by Gasteiger charge is 2.20. The minimum Gasteiger partial charge on any atom is -0.356 e. The predicted octanol–water partition coefficient (Wildman–Crippen LogP) is 3.24. The Bertz CT molecular complexity index is 526. The van der Waals surface area contributed by atoms with E-state index in [0.717, 1.165) is 29.7 Å². The third-order valence-corrected chi connectivity index (χ3v) is 4.62. The van der Waals surface area contributed by atoms with E-state index in [1.165, 1.54) is 23.8 Å². The van der Waals surface area contributed by atoms with Gasteiger partial charge in [-0.05, 0) is 36.6 Å². The van der Waals surface area contributed by atoms with E-state index >= 15 is 0 Å². The monoisotopic (exact) mass is 247 g/mol. The van der Waals surface area contributed by atoms with Gasteiger partial charge >= 0.3 is 0 Å². The van der Waals surface area contributed by atoms with Crippen LogP contribution >= 0.6 is 11.3 Å². The number of aryl methyl sites for hydroxylation is 1. The number of fused-ring (bicyclic) bond motifs is 1. The Labute approximate surface area is 106 Å². The average Bonchev–Trinajstić information content (AvgIpc) is 2.73. The number of nitrogens with zero attached hydrogens (tertiary/aromatic N) is 3. The van der Waals surface area contributed by atoms with E-state index in [0.29, 0.717) is 0 Å². The molecule has 1 aliphatic heterocycles. The van der Waals surface area contributed by atoms with E-state index in [-0.39, 0.29) is 0 Å². The molecule has 90 valence electrons. The maximum Gasteiger partial charge on any atom is 0.141 e. The summed E-state index contributed by atoms with van der Waals surface area (Å²) in [5.74, 6) is 1.99. The molecular weight excluding hydrogens is 230 g/mol. The third-order valence-electron chi connectivity index (χ3n) is 3.62. The molecule has 3 rings (SSSR count). The van der Waals surface area contributed by atoms with Gasteiger partial charge in [-0.3, -0.25) is 0 Å². The second kappa shape index (κ2) is 4.26. The van der Waals surface area contributed by atoms with E-state index in [1.807, 2.05) is 0 Å². The van der Waals surface area contributed by atoms with Crippen LogP contribution in [0.2, 0.25) is 0 Å². The van der Waals surface area contributed by atoms with Crippen molar-refractivity contribution in [1.29, 1.82) is 0 Å². The molecule has 3 heterocycles. The van der Waals surface area contributed by atoms with Crippen molar-refractivity contribution in [2.24, 2.45) is 5.92 Å². The lowest BCUT2D eigenvalue weighted by molar-refractivity contribution is 0.437. The summed E-state index contributed by atoms with van der Waals surface area (Å²) in [6.45, 7) is 6.74. The molecule has 0 N–H and O–H groups in total. The van der Waals surface area contributed by atoms with Crippen LogP contribution in [-0.2, 0) is 0 Å². The Balaban J connectivity index is 2.02. The fourth-order valence-corrected chi connectivity index (χ4v) is 3.34. The van der Waals surface area contributed by atoms with Crippen LogP contribution in [0.25, 0.3) is 10.2 Å². The van der Waals surface area contributed by atoms with Crippen molar-refractivity contribution in [1.82, 2.24) is 9.97 Å². The lowest BCUT2D eigenvalue weighted by Crippen LogP contribution is -2.33. The van der Waals surface area contributed by atoms with Crippen LogP contribution in [0.3, 0.4) is 0 Å². The summed E-state index contributed by atoms with van der Waals surface area (Å²) in [6.07, 6.45) is 4.25. The molecule has 3 nitrogen and oxygen atoms in total. The van der Waals surface area contributed by atoms with Crippen LogP contribution in [-0.4, -0.2) is 23.1 Å². The number of piperidine rings is 1. The lowest BCUT2D eigenvalue weighted by Gasteiger charge is -2.31. The van der Waals surface area contributed by atoms with Crippen molar-refractivity contribution in [3.63, 3.8) is 0 Å². The van der Waals surface area contributed by atoms with Gasteiger partial charge in [-0.15, -0.1) is 11.3 Å². The summed E-state index contributed by atoms with van der Waals surface area (Å²) in [4.78, 5) is 12.4. The standard InChI is InChI=1S/C13H17N3S/c1-9-3-5-16(6-4-9)12-11-10(2)7-17-13(11)15-8-14-12/h7-9H,3-6H2,1-2H3. The summed E-state index contributed by atoms with van der Waals surface area (Å²) >= 11 is 1.71.